The zero-order valence-corrected chi connectivity index (χ0v) is 13.4. The number of hydrogen-bond acceptors (Lipinski definition) is 3. The van der Waals surface area contributed by atoms with Crippen LogP contribution in [0.1, 0.15) is 24.8 Å². The SMILES string of the molecule is CS(=O)(=O)N1CCC(NC(=O)CCc2ccc(F)cc2)CC1. The fraction of sp³-hybridized carbons (Fsp3) is 0.533. The Balaban J connectivity index is 1.73. The van der Waals surface area contributed by atoms with Crippen molar-refractivity contribution in [2.24, 2.45) is 0 Å². The van der Waals surface area contributed by atoms with Crippen LogP contribution in [-0.4, -0.2) is 44.0 Å². The summed E-state index contributed by atoms with van der Waals surface area (Å²) in [4.78, 5) is 11.9. The van der Waals surface area contributed by atoms with Gasteiger partial charge in [-0.2, -0.15) is 0 Å². The first kappa shape index (κ1) is 16.9. The van der Waals surface area contributed by atoms with E-state index in [1.165, 1.54) is 22.7 Å². The predicted molar refractivity (Wildman–Crippen MR) is 82.3 cm³/mol. The van der Waals surface area contributed by atoms with Crippen molar-refractivity contribution in [1.82, 2.24) is 9.62 Å². The Morgan fingerprint density at radius 2 is 1.86 bits per heavy atom. The number of aryl methyl sites for hydroxylation is 1. The summed E-state index contributed by atoms with van der Waals surface area (Å²) in [5.41, 5.74) is 0.920. The van der Waals surface area contributed by atoms with Crippen LogP contribution in [-0.2, 0) is 21.2 Å². The lowest BCUT2D eigenvalue weighted by molar-refractivity contribution is -0.122. The number of nitrogens with one attached hydrogen (secondary N) is 1. The average molecular weight is 328 g/mol. The van der Waals surface area contributed by atoms with Gasteiger partial charge >= 0.3 is 0 Å². The number of benzene rings is 1. The lowest BCUT2D eigenvalue weighted by Gasteiger charge is -2.30. The van der Waals surface area contributed by atoms with Crippen LogP contribution in [0.3, 0.4) is 0 Å². The zero-order valence-electron chi connectivity index (χ0n) is 12.6. The molecule has 0 atom stereocenters. The number of sulfonamides is 1. The van der Waals surface area contributed by atoms with E-state index in [-0.39, 0.29) is 17.8 Å². The minimum absolute atomic E-state index is 0.0266. The molecule has 0 radical (unpaired) electrons. The Kier molecular flexibility index (Phi) is 5.52. The summed E-state index contributed by atoms with van der Waals surface area (Å²) in [7, 11) is -3.14. The molecular formula is C15H21FN2O3S. The Bertz CT molecular complexity index is 608. The molecule has 1 fully saturated rings. The van der Waals surface area contributed by atoms with E-state index in [9.17, 15) is 17.6 Å². The maximum Gasteiger partial charge on any atom is 0.220 e. The summed E-state index contributed by atoms with van der Waals surface area (Å²) in [6, 6.07) is 6.14. The monoisotopic (exact) mass is 328 g/mol. The van der Waals surface area contributed by atoms with Gasteiger partial charge in [-0.05, 0) is 37.0 Å². The highest BCUT2D eigenvalue weighted by molar-refractivity contribution is 7.88. The molecule has 0 aliphatic carbocycles. The molecule has 0 saturated carbocycles. The van der Waals surface area contributed by atoms with Crippen molar-refractivity contribution in [3.63, 3.8) is 0 Å². The first-order valence-corrected chi connectivity index (χ1v) is 9.18. The van der Waals surface area contributed by atoms with Crippen LogP contribution in [0.25, 0.3) is 0 Å². The molecule has 1 aromatic rings. The van der Waals surface area contributed by atoms with Crippen molar-refractivity contribution >= 4 is 15.9 Å². The van der Waals surface area contributed by atoms with Gasteiger partial charge in [0.2, 0.25) is 15.9 Å². The number of rotatable bonds is 5. The lowest BCUT2D eigenvalue weighted by Crippen LogP contribution is -2.46. The molecule has 1 N–H and O–H groups in total. The van der Waals surface area contributed by atoms with E-state index >= 15 is 0 Å². The Labute approximate surface area is 130 Å². The third-order valence-corrected chi connectivity index (χ3v) is 5.15. The highest BCUT2D eigenvalue weighted by Crippen LogP contribution is 2.13. The minimum Gasteiger partial charge on any atom is -0.353 e. The standard InChI is InChI=1S/C15H21FN2O3S/c1-22(20,21)18-10-8-14(9-11-18)17-15(19)7-4-12-2-5-13(16)6-3-12/h2-3,5-6,14H,4,7-11H2,1H3,(H,17,19). The molecule has 1 aliphatic heterocycles. The second kappa shape index (κ2) is 7.19. The van der Waals surface area contributed by atoms with E-state index < -0.39 is 10.0 Å². The molecule has 122 valence electrons. The van der Waals surface area contributed by atoms with Crippen LogP contribution in [0, 0.1) is 5.82 Å². The summed E-state index contributed by atoms with van der Waals surface area (Å²) >= 11 is 0. The van der Waals surface area contributed by atoms with Crippen molar-refractivity contribution in [3.05, 3.63) is 35.6 Å². The smallest absolute Gasteiger partial charge is 0.220 e. The summed E-state index contributed by atoms with van der Waals surface area (Å²) in [5.74, 6) is -0.340. The highest BCUT2D eigenvalue weighted by Gasteiger charge is 2.25. The summed E-state index contributed by atoms with van der Waals surface area (Å²) in [6.45, 7) is 0.892. The minimum atomic E-state index is -3.14. The van der Waals surface area contributed by atoms with E-state index in [4.69, 9.17) is 0 Å². The highest BCUT2D eigenvalue weighted by atomic mass is 32.2. The van der Waals surface area contributed by atoms with Gasteiger partial charge in [0.15, 0.2) is 0 Å². The Hall–Kier alpha value is -1.47. The fourth-order valence-electron chi connectivity index (χ4n) is 2.54. The third kappa shape index (κ3) is 5.06. The first-order chi connectivity index (χ1) is 10.3. The van der Waals surface area contributed by atoms with E-state index in [0.29, 0.717) is 38.8 Å². The maximum atomic E-state index is 12.8. The van der Waals surface area contributed by atoms with Crippen LogP contribution in [0.5, 0.6) is 0 Å². The van der Waals surface area contributed by atoms with E-state index in [0.717, 1.165) is 5.56 Å². The molecule has 0 spiro atoms. The number of halogens is 1. The fourth-order valence-corrected chi connectivity index (χ4v) is 3.41. The Morgan fingerprint density at radius 3 is 2.41 bits per heavy atom. The van der Waals surface area contributed by atoms with Crippen molar-refractivity contribution in [3.8, 4) is 0 Å². The second-order valence-corrected chi connectivity index (χ2v) is 7.61. The van der Waals surface area contributed by atoms with Crippen LogP contribution >= 0.6 is 0 Å². The summed E-state index contributed by atoms with van der Waals surface area (Å²) < 4.78 is 37.0. The van der Waals surface area contributed by atoms with Gasteiger partial charge < -0.3 is 5.32 Å². The molecule has 1 amide bonds. The molecule has 1 aromatic carbocycles. The molecular weight excluding hydrogens is 307 g/mol. The summed E-state index contributed by atoms with van der Waals surface area (Å²) in [6.07, 6.45) is 3.38. The lowest BCUT2D eigenvalue weighted by atomic mass is 10.1. The van der Waals surface area contributed by atoms with Crippen molar-refractivity contribution in [1.29, 1.82) is 0 Å². The zero-order chi connectivity index (χ0) is 16.2. The quantitative estimate of drug-likeness (QED) is 0.886. The van der Waals surface area contributed by atoms with Gasteiger partial charge in [-0.3, -0.25) is 4.79 Å². The van der Waals surface area contributed by atoms with Gasteiger partial charge in [0, 0.05) is 25.6 Å². The van der Waals surface area contributed by atoms with Gasteiger partial charge in [0.1, 0.15) is 5.82 Å². The molecule has 1 heterocycles. The number of piperidine rings is 1. The van der Waals surface area contributed by atoms with Gasteiger partial charge in [-0.25, -0.2) is 17.1 Å². The van der Waals surface area contributed by atoms with Gasteiger partial charge in [0.25, 0.3) is 0 Å². The summed E-state index contributed by atoms with van der Waals surface area (Å²) in [5, 5.41) is 2.94. The van der Waals surface area contributed by atoms with E-state index in [2.05, 4.69) is 5.32 Å². The van der Waals surface area contributed by atoms with Gasteiger partial charge in [-0.1, -0.05) is 12.1 Å². The number of carbonyl (C=O) groups is 1. The predicted octanol–water partition coefficient (Wildman–Crippen LogP) is 1.30. The van der Waals surface area contributed by atoms with Crippen LogP contribution in [0.2, 0.25) is 0 Å². The first-order valence-electron chi connectivity index (χ1n) is 7.33. The molecule has 2 rings (SSSR count). The third-order valence-electron chi connectivity index (χ3n) is 3.84. The van der Waals surface area contributed by atoms with Crippen molar-refractivity contribution in [2.45, 2.75) is 31.7 Å². The Morgan fingerprint density at radius 1 is 1.27 bits per heavy atom. The van der Waals surface area contributed by atoms with Crippen LogP contribution < -0.4 is 5.32 Å². The maximum absolute atomic E-state index is 12.8. The number of carbonyl (C=O) groups excluding carboxylic acids is 1. The topological polar surface area (TPSA) is 66.5 Å². The van der Waals surface area contributed by atoms with Crippen LogP contribution in [0.15, 0.2) is 24.3 Å². The average Bonchev–Trinajstić information content (AvgIpc) is 2.46. The van der Waals surface area contributed by atoms with Crippen molar-refractivity contribution < 1.29 is 17.6 Å². The van der Waals surface area contributed by atoms with E-state index in [1.54, 1.807) is 12.1 Å². The number of hydrogen-bond donors (Lipinski definition) is 1. The largest absolute Gasteiger partial charge is 0.353 e. The molecule has 22 heavy (non-hydrogen) atoms. The second-order valence-electron chi connectivity index (χ2n) is 5.63. The molecule has 7 heteroatoms. The molecule has 0 bridgehead atoms. The molecule has 5 nitrogen and oxygen atoms in total. The van der Waals surface area contributed by atoms with Crippen LogP contribution in [0.4, 0.5) is 4.39 Å². The van der Waals surface area contributed by atoms with E-state index in [1.807, 2.05) is 0 Å². The normalized spacial score (nSPS) is 17.4. The van der Waals surface area contributed by atoms with Gasteiger partial charge in [0.05, 0.1) is 6.26 Å². The number of nitrogens with zero attached hydrogens (tertiary/aromatic N) is 1. The molecule has 1 aliphatic rings. The molecule has 1 saturated heterocycles. The number of amides is 1. The van der Waals surface area contributed by atoms with Crippen molar-refractivity contribution in [2.75, 3.05) is 19.3 Å². The van der Waals surface area contributed by atoms with Gasteiger partial charge in [-0.15, -0.1) is 0 Å². The molecule has 0 aromatic heterocycles. The molecule has 0 unspecified atom stereocenters.